The number of carbonyl (C=O) groups excluding carboxylic acids is 1. The number of nitrogens with two attached hydrogens (primary N) is 1. The molecule has 40 heavy (non-hydrogen) atoms. The number of amides is 1. The molecule has 1 aromatic carbocycles. The number of carbonyl (C=O) groups is 1. The second-order valence-electron chi connectivity index (χ2n) is 11.3. The van der Waals surface area contributed by atoms with Gasteiger partial charge < -0.3 is 30.7 Å². The standard InChI is InChI=1S/C29H42N8O3/c1-2-25-29(40-24-7-10-31-17-24)34-28(26(33-25)27(30)38)32-20-3-5-21(6-4-20)35-11-8-22(9-12-35)36-13-15-37(16-14-36)23-18-39-19-23/h3-6,22-24,31H,2,7-19H2,1H3,(H2,30,38)(H,32,34)/t24-/m1/s1. The highest BCUT2D eigenvalue weighted by Gasteiger charge is 2.32. The number of hydrogen-bond acceptors (Lipinski definition) is 10. The van der Waals surface area contributed by atoms with Crippen LogP contribution in [0.3, 0.4) is 0 Å². The summed E-state index contributed by atoms with van der Waals surface area (Å²) in [5.74, 6) is 0.169. The molecule has 1 aromatic heterocycles. The Morgan fingerprint density at radius 3 is 2.30 bits per heavy atom. The van der Waals surface area contributed by atoms with Crippen LogP contribution in [0.4, 0.5) is 17.2 Å². The fourth-order valence-electron chi connectivity index (χ4n) is 6.21. The predicted molar refractivity (Wildman–Crippen MR) is 155 cm³/mol. The molecule has 11 heteroatoms. The number of hydrogen-bond donors (Lipinski definition) is 3. The van der Waals surface area contributed by atoms with Crippen molar-refractivity contribution < 1.29 is 14.3 Å². The summed E-state index contributed by atoms with van der Waals surface area (Å²) >= 11 is 0. The van der Waals surface area contributed by atoms with Crippen molar-refractivity contribution >= 4 is 23.1 Å². The van der Waals surface area contributed by atoms with Gasteiger partial charge in [-0.2, -0.15) is 4.98 Å². The summed E-state index contributed by atoms with van der Waals surface area (Å²) in [6.45, 7) is 12.3. The third kappa shape index (κ3) is 6.02. The van der Waals surface area contributed by atoms with E-state index in [1.54, 1.807) is 0 Å². The number of piperazine rings is 1. The van der Waals surface area contributed by atoms with Gasteiger partial charge in [0, 0.05) is 63.2 Å². The van der Waals surface area contributed by atoms with Gasteiger partial charge in [-0.05, 0) is 56.5 Å². The van der Waals surface area contributed by atoms with Crippen molar-refractivity contribution in [2.24, 2.45) is 5.73 Å². The van der Waals surface area contributed by atoms with Crippen LogP contribution in [0.2, 0.25) is 0 Å². The van der Waals surface area contributed by atoms with Crippen molar-refractivity contribution in [1.29, 1.82) is 0 Å². The van der Waals surface area contributed by atoms with E-state index >= 15 is 0 Å². The molecule has 0 radical (unpaired) electrons. The minimum absolute atomic E-state index is 0.0438. The quantitative estimate of drug-likeness (QED) is 0.425. The monoisotopic (exact) mass is 550 g/mol. The number of rotatable bonds is 9. The summed E-state index contributed by atoms with van der Waals surface area (Å²) in [6, 6.07) is 9.61. The molecule has 0 spiro atoms. The highest BCUT2D eigenvalue weighted by atomic mass is 16.5. The Balaban J connectivity index is 1.06. The van der Waals surface area contributed by atoms with Gasteiger partial charge in [-0.3, -0.25) is 14.6 Å². The highest BCUT2D eigenvalue weighted by Crippen LogP contribution is 2.28. The lowest BCUT2D eigenvalue weighted by molar-refractivity contribution is -0.0803. The van der Waals surface area contributed by atoms with E-state index < -0.39 is 5.91 Å². The van der Waals surface area contributed by atoms with E-state index in [1.165, 1.54) is 31.6 Å². The van der Waals surface area contributed by atoms with Crippen LogP contribution in [-0.4, -0.2) is 109 Å². The Kier molecular flexibility index (Phi) is 8.33. The number of aromatic nitrogens is 2. The van der Waals surface area contributed by atoms with Gasteiger partial charge >= 0.3 is 0 Å². The topological polar surface area (TPSA) is 121 Å². The summed E-state index contributed by atoms with van der Waals surface area (Å²) in [6.07, 6.45) is 3.93. The lowest BCUT2D eigenvalue weighted by atomic mass is 10.0. The molecule has 4 saturated heterocycles. The van der Waals surface area contributed by atoms with Gasteiger partial charge in [0.15, 0.2) is 11.5 Å². The van der Waals surface area contributed by atoms with Gasteiger partial charge in [0.1, 0.15) is 11.8 Å². The fourth-order valence-corrected chi connectivity index (χ4v) is 6.21. The number of aryl methyl sites for hydroxylation is 1. The number of piperidine rings is 1. The molecule has 0 aliphatic carbocycles. The molecule has 0 saturated carbocycles. The second-order valence-corrected chi connectivity index (χ2v) is 11.3. The van der Waals surface area contributed by atoms with E-state index in [-0.39, 0.29) is 11.8 Å². The van der Waals surface area contributed by atoms with Gasteiger partial charge in [-0.25, -0.2) is 4.98 Å². The molecule has 4 aliphatic heterocycles. The molecule has 6 rings (SSSR count). The first-order valence-electron chi connectivity index (χ1n) is 14.8. The normalized spacial score (nSPS) is 23.2. The molecule has 4 aliphatic rings. The Bertz CT molecular complexity index is 1150. The average molecular weight is 551 g/mol. The smallest absolute Gasteiger partial charge is 0.271 e. The van der Waals surface area contributed by atoms with Crippen LogP contribution < -0.4 is 26.0 Å². The molecule has 1 atom stereocenters. The van der Waals surface area contributed by atoms with Crippen molar-refractivity contribution in [1.82, 2.24) is 25.1 Å². The van der Waals surface area contributed by atoms with Crippen LogP contribution in [-0.2, 0) is 11.2 Å². The summed E-state index contributed by atoms with van der Waals surface area (Å²) in [4.78, 5) is 29.2. The summed E-state index contributed by atoms with van der Waals surface area (Å²) in [7, 11) is 0. The predicted octanol–water partition coefficient (Wildman–Crippen LogP) is 1.61. The van der Waals surface area contributed by atoms with Crippen molar-refractivity contribution in [2.75, 3.05) is 75.8 Å². The van der Waals surface area contributed by atoms with Crippen LogP contribution in [0.25, 0.3) is 0 Å². The number of primary amides is 1. The van der Waals surface area contributed by atoms with Gasteiger partial charge in [0.25, 0.3) is 5.91 Å². The first-order chi connectivity index (χ1) is 19.6. The molecule has 4 fully saturated rings. The lowest BCUT2D eigenvalue weighted by Crippen LogP contribution is -2.59. The van der Waals surface area contributed by atoms with Gasteiger partial charge in [-0.1, -0.05) is 6.92 Å². The Morgan fingerprint density at radius 2 is 1.73 bits per heavy atom. The van der Waals surface area contributed by atoms with E-state index in [0.717, 1.165) is 64.6 Å². The maximum absolute atomic E-state index is 12.2. The SMILES string of the molecule is CCc1nc(C(N)=O)c(Nc2ccc(N3CCC(N4CCN(C5COC5)CC4)CC3)cc2)nc1O[C@@H]1CCNC1. The molecule has 2 aromatic rings. The number of benzene rings is 1. The van der Waals surface area contributed by atoms with E-state index in [2.05, 4.69) is 47.4 Å². The first-order valence-corrected chi connectivity index (χ1v) is 14.8. The fraction of sp³-hybridized carbons (Fsp3) is 0.621. The minimum atomic E-state index is -0.614. The molecule has 4 N–H and O–H groups in total. The van der Waals surface area contributed by atoms with Gasteiger partial charge in [0.05, 0.1) is 19.3 Å². The minimum Gasteiger partial charge on any atom is -0.472 e. The van der Waals surface area contributed by atoms with E-state index in [0.29, 0.717) is 35.9 Å². The molecule has 1 amide bonds. The average Bonchev–Trinajstić information content (AvgIpc) is 3.46. The molecule has 5 heterocycles. The van der Waals surface area contributed by atoms with Crippen LogP contribution in [0.1, 0.15) is 42.4 Å². The molecule has 11 nitrogen and oxygen atoms in total. The van der Waals surface area contributed by atoms with Crippen molar-refractivity contribution in [2.45, 2.75) is 50.8 Å². The Hall–Kier alpha value is -2.99. The third-order valence-electron chi connectivity index (χ3n) is 8.75. The molecule has 216 valence electrons. The van der Waals surface area contributed by atoms with Gasteiger partial charge in [-0.15, -0.1) is 0 Å². The van der Waals surface area contributed by atoms with E-state index in [9.17, 15) is 4.79 Å². The van der Waals surface area contributed by atoms with Gasteiger partial charge in [0.2, 0.25) is 5.88 Å². The summed E-state index contributed by atoms with van der Waals surface area (Å²) < 4.78 is 11.5. The summed E-state index contributed by atoms with van der Waals surface area (Å²) in [5.41, 5.74) is 8.47. The van der Waals surface area contributed by atoms with E-state index in [4.69, 9.17) is 15.2 Å². The van der Waals surface area contributed by atoms with E-state index in [1.807, 2.05) is 19.1 Å². The van der Waals surface area contributed by atoms with Crippen molar-refractivity contribution in [3.05, 3.63) is 35.7 Å². The molecule has 0 bridgehead atoms. The maximum atomic E-state index is 12.2. The van der Waals surface area contributed by atoms with Crippen LogP contribution in [0.5, 0.6) is 5.88 Å². The van der Waals surface area contributed by atoms with Crippen LogP contribution in [0.15, 0.2) is 24.3 Å². The molecule has 0 unspecified atom stereocenters. The summed E-state index contributed by atoms with van der Waals surface area (Å²) in [5, 5.41) is 6.56. The largest absolute Gasteiger partial charge is 0.472 e. The maximum Gasteiger partial charge on any atom is 0.271 e. The Labute approximate surface area is 236 Å². The highest BCUT2D eigenvalue weighted by molar-refractivity contribution is 5.96. The second kappa shape index (κ2) is 12.3. The van der Waals surface area contributed by atoms with Crippen molar-refractivity contribution in [3.63, 3.8) is 0 Å². The number of ether oxygens (including phenoxy) is 2. The van der Waals surface area contributed by atoms with Crippen LogP contribution >= 0.6 is 0 Å². The number of nitrogens with one attached hydrogen (secondary N) is 2. The molecular formula is C29H42N8O3. The zero-order chi connectivity index (χ0) is 27.5. The van der Waals surface area contributed by atoms with Crippen LogP contribution in [0, 0.1) is 0 Å². The molecular weight excluding hydrogens is 508 g/mol. The first kappa shape index (κ1) is 27.2. The zero-order valence-electron chi connectivity index (χ0n) is 23.5. The zero-order valence-corrected chi connectivity index (χ0v) is 23.5. The lowest BCUT2D eigenvalue weighted by Gasteiger charge is -2.46. The van der Waals surface area contributed by atoms with Crippen molar-refractivity contribution in [3.8, 4) is 5.88 Å². The third-order valence-corrected chi connectivity index (χ3v) is 8.75. The number of nitrogens with zero attached hydrogens (tertiary/aromatic N) is 5. The number of anilines is 3. The Morgan fingerprint density at radius 1 is 1.02 bits per heavy atom.